The summed E-state index contributed by atoms with van der Waals surface area (Å²) in [6, 6.07) is 2.30. The fraction of sp³-hybridized carbons (Fsp3) is 0.600. The standard InChI is InChI=1S/C10H16BrNOS/c1-7(2)6-13-12-8(3)10-9(11)4-5-14-10/h4-5,7-8,12H,6H2,1-3H3. The molecule has 0 bridgehead atoms. The molecule has 2 nitrogen and oxygen atoms in total. The van der Waals surface area contributed by atoms with E-state index in [9.17, 15) is 0 Å². The van der Waals surface area contributed by atoms with Crippen molar-refractivity contribution in [2.75, 3.05) is 6.61 Å². The van der Waals surface area contributed by atoms with Gasteiger partial charge in [0.05, 0.1) is 12.6 Å². The monoisotopic (exact) mass is 277 g/mol. The molecule has 1 heterocycles. The quantitative estimate of drug-likeness (QED) is 0.828. The van der Waals surface area contributed by atoms with E-state index in [-0.39, 0.29) is 6.04 Å². The Morgan fingerprint density at radius 3 is 2.71 bits per heavy atom. The van der Waals surface area contributed by atoms with Gasteiger partial charge in [0.15, 0.2) is 0 Å². The number of rotatable bonds is 5. The highest BCUT2D eigenvalue weighted by Gasteiger charge is 2.10. The van der Waals surface area contributed by atoms with Crippen molar-refractivity contribution in [3.05, 3.63) is 20.8 Å². The molecule has 0 aliphatic carbocycles. The van der Waals surface area contributed by atoms with Crippen molar-refractivity contribution in [2.24, 2.45) is 5.92 Å². The van der Waals surface area contributed by atoms with Gasteiger partial charge in [-0.3, -0.25) is 0 Å². The third-order valence-electron chi connectivity index (χ3n) is 1.71. The number of hydroxylamine groups is 1. The molecule has 0 amide bonds. The molecule has 1 rings (SSSR count). The zero-order chi connectivity index (χ0) is 10.6. The van der Waals surface area contributed by atoms with Gasteiger partial charge in [-0.05, 0) is 40.2 Å². The molecular formula is C10H16BrNOS. The lowest BCUT2D eigenvalue weighted by Gasteiger charge is -2.14. The van der Waals surface area contributed by atoms with Crippen LogP contribution in [0.1, 0.15) is 31.7 Å². The second-order valence-electron chi connectivity index (χ2n) is 3.68. The van der Waals surface area contributed by atoms with Crippen LogP contribution < -0.4 is 5.48 Å². The predicted octanol–water partition coefficient (Wildman–Crippen LogP) is 3.75. The summed E-state index contributed by atoms with van der Waals surface area (Å²) in [5.41, 5.74) is 3.04. The Morgan fingerprint density at radius 2 is 2.21 bits per heavy atom. The first-order valence-corrected chi connectivity index (χ1v) is 6.38. The van der Waals surface area contributed by atoms with E-state index in [0.717, 1.165) is 11.1 Å². The summed E-state index contributed by atoms with van der Waals surface area (Å²) in [5, 5.41) is 2.07. The number of hydrogen-bond acceptors (Lipinski definition) is 3. The fourth-order valence-electron chi connectivity index (χ4n) is 1.01. The van der Waals surface area contributed by atoms with Gasteiger partial charge in [0, 0.05) is 9.35 Å². The molecule has 4 heteroatoms. The first-order valence-electron chi connectivity index (χ1n) is 4.71. The lowest BCUT2D eigenvalue weighted by atomic mass is 10.2. The van der Waals surface area contributed by atoms with E-state index in [1.807, 2.05) is 0 Å². The zero-order valence-corrected chi connectivity index (χ0v) is 11.1. The minimum absolute atomic E-state index is 0.239. The Kier molecular flexibility index (Phi) is 5.09. The Balaban J connectivity index is 2.36. The topological polar surface area (TPSA) is 21.3 Å². The lowest BCUT2D eigenvalue weighted by molar-refractivity contribution is 0.00466. The summed E-state index contributed by atoms with van der Waals surface area (Å²) in [7, 11) is 0. The van der Waals surface area contributed by atoms with E-state index in [0.29, 0.717) is 5.92 Å². The van der Waals surface area contributed by atoms with Gasteiger partial charge in [-0.1, -0.05) is 13.8 Å². The van der Waals surface area contributed by atoms with Crippen LogP contribution in [-0.2, 0) is 4.84 Å². The fourth-order valence-corrected chi connectivity index (χ4v) is 2.72. The van der Waals surface area contributed by atoms with E-state index in [2.05, 4.69) is 53.6 Å². The van der Waals surface area contributed by atoms with Gasteiger partial charge in [0.1, 0.15) is 0 Å². The first-order chi connectivity index (χ1) is 6.61. The van der Waals surface area contributed by atoms with Crippen molar-refractivity contribution in [1.29, 1.82) is 0 Å². The van der Waals surface area contributed by atoms with Crippen LogP contribution in [0.15, 0.2) is 15.9 Å². The predicted molar refractivity (Wildman–Crippen MR) is 64.4 cm³/mol. The highest BCUT2D eigenvalue weighted by Crippen LogP contribution is 2.28. The van der Waals surface area contributed by atoms with Gasteiger partial charge in [-0.25, -0.2) is 0 Å². The van der Waals surface area contributed by atoms with E-state index < -0.39 is 0 Å². The normalized spacial score (nSPS) is 13.5. The summed E-state index contributed by atoms with van der Waals surface area (Å²) < 4.78 is 1.15. The van der Waals surface area contributed by atoms with Gasteiger partial charge in [0.25, 0.3) is 0 Å². The van der Waals surface area contributed by atoms with Crippen LogP contribution in [0.3, 0.4) is 0 Å². The SMILES string of the molecule is CC(C)CONC(C)c1sccc1Br. The van der Waals surface area contributed by atoms with Crippen molar-refractivity contribution >= 4 is 27.3 Å². The number of nitrogens with one attached hydrogen (secondary N) is 1. The van der Waals surface area contributed by atoms with Crippen LogP contribution in [0.5, 0.6) is 0 Å². The Labute approximate surface area is 97.7 Å². The number of halogens is 1. The van der Waals surface area contributed by atoms with Crippen molar-refractivity contribution in [3.63, 3.8) is 0 Å². The van der Waals surface area contributed by atoms with E-state index >= 15 is 0 Å². The third kappa shape index (κ3) is 3.69. The summed E-state index contributed by atoms with van der Waals surface area (Å²) in [6.07, 6.45) is 0. The van der Waals surface area contributed by atoms with Crippen molar-refractivity contribution in [3.8, 4) is 0 Å². The maximum atomic E-state index is 5.37. The van der Waals surface area contributed by atoms with Crippen LogP contribution in [0.25, 0.3) is 0 Å². The Bertz CT molecular complexity index is 275. The van der Waals surface area contributed by atoms with Crippen LogP contribution >= 0.6 is 27.3 Å². The van der Waals surface area contributed by atoms with Crippen molar-refractivity contribution < 1.29 is 4.84 Å². The van der Waals surface area contributed by atoms with Crippen LogP contribution in [0, 0.1) is 5.92 Å². The number of thiophene rings is 1. The lowest BCUT2D eigenvalue weighted by Crippen LogP contribution is -2.21. The second-order valence-corrected chi connectivity index (χ2v) is 5.48. The minimum atomic E-state index is 0.239. The first kappa shape index (κ1) is 12.2. The van der Waals surface area contributed by atoms with E-state index in [1.165, 1.54) is 4.88 Å². The molecule has 0 aromatic carbocycles. The van der Waals surface area contributed by atoms with Gasteiger partial charge < -0.3 is 4.84 Å². The van der Waals surface area contributed by atoms with Gasteiger partial charge in [-0.15, -0.1) is 11.3 Å². The minimum Gasteiger partial charge on any atom is -0.301 e. The second kappa shape index (κ2) is 5.85. The van der Waals surface area contributed by atoms with Gasteiger partial charge >= 0.3 is 0 Å². The van der Waals surface area contributed by atoms with Crippen molar-refractivity contribution in [1.82, 2.24) is 5.48 Å². The zero-order valence-electron chi connectivity index (χ0n) is 8.71. The molecule has 80 valence electrons. The van der Waals surface area contributed by atoms with Crippen LogP contribution in [-0.4, -0.2) is 6.61 Å². The summed E-state index contributed by atoms with van der Waals surface area (Å²) >= 11 is 5.23. The molecule has 0 aliphatic rings. The largest absolute Gasteiger partial charge is 0.301 e. The molecule has 1 N–H and O–H groups in total. The molecule has 0 saturated heterocycles. The molecule has 0 aliphatic heterocycles. The molecular weight excluding hydrogens is 262 g/mol. The molecule has 1 aromatic rings. The number of hydrogen-bond donors (Lipinski definition) is 1. The maximum Gasteiger partial charge on any atom is 0.0705 e. The molecule has 0 spiro atoms. The molecule has 14 heavy (non-hydrogen) atoms. The molecule has 0 fully saturated rings. The highest BCUT2D eigenvalue weighted by molar-refractivity contribution is 9.10. The van der Waals surface area contributed by atoms with Gasteiger partial charge in [0.2, 0.25) is 0 Å². The van der Waals surface area contributed by atoms with Crippen molar-refractivity contribution in [2.45, 2.75) is 26.8 Å². The molecule has 0 saturated carbocycles. The average Bonchev–Trinajstić information content (AvgIpc) is 2.50. The molecule has 1 unspecified atom stereocenters. The average molecular weight is 278 g/mol. The van der Waals surface area contributed by atoms with E-state index in [4.69, 9.17) is 4.84 Å². The van der Waals surface area contributed by atoms with E-state index in [1.54, 1.807) is 11.3 Å². The summed E-state index contributed by atoms with van der Waals surface area (Å²) in [4.78, 5) is 6.64. The highest BCUT2D eigenvalue weighted by atomic mass is 79.9. The molecule has 0 radical (unpaired) electrons. The van der Waals surface area contributed by atoms with Crippen LogP contribution in [0.4, 0.5) is 0 Å². The van der Waals surface area contributed by atoms with Crippen LogP contribution in [0.2, 0.25) is 0 Å². The third-order valence-corrected chi connectivity index (χ3v) is 3.77. The Hall–Kier alpha value is 0.100. The summed E-state index contributed by atoms with van der Waals surface area (Å²) in [5.74, 6) is 0.557. The smallest absolute Gasteiger partial charge is 0.0705 e. The molecule has 1 aromatic heterocycles. The maximum absolute atomic E-state index is 5.37. The van der Waals surface area contributed by atoms with Gasteiger partial charge in [-0.2, -0.15) is 5.48 Å². The summed E-state index contributed by atoms with van der Waals surface area (Å²) in [6.45, 7) is 7.10. The Morgan fingerprint density at radius 1 is 1.50 bits per heavy atom. The molecule has 1 atom stereocenters.